The molecule has 0 saturated heterocycles. The first-order valence-corrected chi connectivity index (χ1v) is 7.15. The van der Waals surface area contributed by atoms with Crippen LogP contribution in [-0.4, -0.2) is 67.2 Å². The van der Waals surface area contributed by atoms with E-state index in [0.29, 0.717) is 24.2 Å². The summed E-state index contributed by atoms with van der Waals surface area (Å²) in [6.45, 7) is 2.13. The minimum atomic E-state index is -0.773. The maximum atomic E-state index is 10.9. The number of rotatable bonds is 6. The molecule has 0 aliphatic carbocycles. The molecule has 0 fully saturated rings. The number of nitrogens with two attached hydrogens (primary N) is 3. The number of carboxylic acids is 1. The van der Waals surface area contributed by atoms with Gasteiger partial charge in [0.15, 0.2) is 0 Å². The Morgan fingerprint density at radius 2 is 1.88 bits per heavy atom. The molecule has 1 aromatic rings. The number of hydrogen-bond donors (Lipinski definition) is 4. The summed E-state index contributed by atoms with van der Waals surface area (Å²) in [5.41, 5.74) is 19.0. The Bertz CT molecular complexity index is 574. The van der Waals surface area contributed by atoms with Crippen LogP contribution < -0.4 is 22.1 Å². The van der Waals surface area contributed by atoms with Crippen LogP contribution in [0.2, 0.25) is 0 Å². The van der Waals surface area contributed by atoms with Crippen molar-refractivity contribution in [2.45, 2.75) is 19.8 Å². The number of amides is 1. The number of primary amides is 1. The molecule has 0 unspecified atom stereocenters. The van der Waals surface area contributed by atoms with E-state index in [2.05, 4.69) is 0 Å². The van der Waals surface area contributed by atoms with Gasteiger partial charge in [0.1, 0.15) is 0 Å². The Hall–Kier alpha value is -1.54. The first-order chi connectivity index (χ1) is 10.7. The predicted molar refractivity (Wildman–Crippen MR) is 101 cm³/mol. The van der Waals surface area contributed by atoms with E-state index >= 15 is 0 Å². The van der Waals surface area contributed by atoms with E-state index in [1.165, 1.54) is 0 Å². The molecule has 0 saturated carbocycles. The van der Waals surface area contributed by atoms with E-state index in [0.717, 1.165) is 11.3 Å². The molecular weight excluding hydrogens is 319 g/mol. The average molecular weight is 346 g/mol. The van der Waals surface area contributed by atoms with E-state index in [1.807, 2.05) is 37.2 Å². The molecular formula is C16H27N4NaO3. The van der Waals surface area contributed by atoms with Crippen LogP contribution in [0.15, 0.2) is 23.8 Å². The first-order valence-electron chi connectivity index (χ1n) is 7.15. The van der Waals surface area contributed by atoms with Gasteiger partial charge >= 0.3 is 35.5 Å². The summed E-state index contributed by atoms with van der Waals surface area (Å²) in [7, 11) is 3.89. The van der Waals surface area contributed by atoms with Gasteiger partial charge in [0, 0.05) is 37.5 Å². The number of hydrogen-bond acceptors (Lipinski definition) is 5. The molecule has 0 radical (unpaired) electrons. The molecule has 0 aromatic heterocycles. The van der Waals surface area contributed by atoms with Crippen LogP contribution in [-0.2, 0) is 9.59 Å². The number of benzene rings is 1. The van der Waals surface area contributed by atoms with Crippen LogP contribution >= 0.6 is 0 Å². The quantitative estimate of drug-likeness (QED) is 0.334. The van der Waals surface area contributed by atoms with Crippen molar-refractivity contribution in [3.63, 3.8) is 0 Å². The normalized spacial score (nSPS) is 10.1. The summed E-state index contributed by atoms with van der Waals surface area (Å²) >= 11 is 0. The standard InChI is InChI=1S/C12H17N3O.C4H9NO2.Na.H/c1-8(12(14)16)6-9-4-5-10(15(2)3)7-11(9)13;5-3-1-2-4(6)7;;/h4-7H,13H2,1-3H3,(H2,14,16);1-3,5H2,(H,6,7);;. The Morgan fingerprint density at radius 1 is 1.29 bits per heavy atom. The van der Waals surface area contributed by atoms with Gasteiger partial charge in [0.2, 0.25) is 5.91 Å². The molecule has 1 rings (SSSR count). The van der Waals surface area contributed by atoms with Crippen molar-refractivity contribution in [1.82, 2.24) is 0 Å². The molecule has 7 N–H and O–H groups in total. The topological polar surface area (TPSA) is 136 Å². The number of nitrogen functional groups attached to an aromatic ring is 1. The van der Waals surface area contributed by atoms with E-state index in [1.54, 1.807) is 13.0 Å². The molecule has 0 atom stereocenters. The van der Waals surface area contributed by atoms with Crippen molar-refractivity contribution in [3.05, 3.63) is 29.3 Å². The van der Waals surface area contributed by atoms with Gasteiger partial charge in [-0.25, -0.2) is 0 Å². The zero-order valence-corrected chi connectivity index (χ0v) is 13.9. The number of anilines is 2. The second-order valence-corrected chi connectivity index (χ2v) is 5.19. The van der Waals surface area contributed by atoms with Gasteiger partial charge in [0.25, 0.3) is 0 Å². The van der Waals surface area contributed by atoms with E-state index < -0.39 is 11.9 Å². The van der Waals surface area contributed by atoms with Crippen LogP contribution in [0.1, 0.15) is 25.3 Å². The summed E-state index contributed by atoms with van der Waals surface area (Å²) < 4.78 is 0. The van der Waals surface area contributed by atoms with Crippen molar-refractivity contribution < 1.29 is 14.7 Å². The van der Waals surface area contributed by atoms with E-state index in [9.17, 15) is 9.59 Å². The maximum absolute atomic E-state index is 10.9. The summed E-state index contributed by atoms with van der Waals surface area (Å²) in [5, 5.41) is 7.99. The molecule has 1 amide bonds. The fourth-order valence-corrected chi connectivity index (χ4v) is 1.53. The zero-order chi connectivity index (χ0) is 18.0. The second-order valence-electron chi connectivity index (χ2n) is 5.19. The molecule has 0 aliphatic rings. The molecule has 8 heteroatoms. The molecule has 0 bridgehead atoms. The summed E-state index contributed by atoms with van der Waals surface area (Å²) in [6, 6.07) is 5.67. The number of carboxylic acid groups (broad SMARTS) is 1. The molecule has 7 nitrogen and oxygen atoms in total. The molecule has 130 valence electrons. The fourth-order valence-electron chi connectivity index (χ4n) is 1.53. The predicted octanol–water partition coefficient (Wildman–Crippen LogP) is 0.385. The van der Waals surface area contributed by atoms with Crippen molar-refractivity contribution in [2.75, 3.05) is 31.3 Å². The molecule has 0 aliphatic heterocycles. The fraction of sp³-hybridized carbons (Fsp3) is 0.375. The van der Waals surface area contributed by atoms with Crippen molar-refractivity contribution in [2.24, 2.45) is 11.5 Å². The van der Waals surface area contributed by atoms with Crippen LogP contribution in [0.3, 0.4) is 0 Å². The van der Waals surface area contributed by atoms with Gasteiger partial charge in [0.05, 0.1) is 0 Å². The SMILES string of the molecule is CC(=Cc1ccc(N(C)C)cc1N)C(N)=O.NCCCC(=O)O.[NaH]. The van der Waals surface area contributed by atoms with Gasteiger partial charge in [-0.05, 0) is 43.7 Å². The summed E-state index contributed by atoms with van der Waals surface area (Å²) in [4.78, 5) is 22.6. The Labute approximate surface area is 165 Å². The second kappa shape index (κ2) is 12.8. The van der Waals surface area contributed by atoms with Gasteiger partial charge in [-0.3, -0.25) is 9.59 Å². The van der Waals surface area contributed by atoms with Gasteiger partial charge in [-0.2, -0.15) is 0 Å². The number of nitrogens with zero attached hydrogens (tertiary/aromatic N) is 1. The molecule has 0 spiro atoms. The third-order valence-electron chi connectivity index (χ3n) is 2.94. The summed E-state index contributed by atoms with van der Waals surface area (Å²) in [5.74, 6) is -1.21. The number of carbonyl (C=O) groups is 2. The van der Waals surface area contributed by atoms with E-state index in [4.69, 9.17) is 22.3 Å². The number of aliphatic carboxylic acids is 1. The monoisotopic (exact) mass is 346 g/mol. The molecule has 0 heterocycles. The first kappa shape index (κ1) is 24.7. The average Bonchev–Trinajstić information content (AvgIpc) is 2.47. The van der Waals surface area contributed by atoms with Crippen LogP contribution in [0.5, 0.6) is 0 Å². The van der Waals surface area contributed by atoms with Crippen LogP contribution in [0.4, 0.5) is 11.4 Å². The van der Waals surface area contributed by atoms with Gasteiger partial charge in [-0.15, -0.1) is 0 Å². The molecule has 1 aromatic carbocycles. The van der Waals surface area contributed by atoms with Crippen molar-refractivity contribution in [3.8, 4) is 0 Å². The third kappa shape index (κ3) is 10.3. The van der Waals surface area contributed by atoms with Crippen LogP contribution in [0.25, 0.3) is 6.08 Å². The minimum absolute atomic E-state index is 0. The zero-order valence-electron chi connectivity index (χ0n) is 13.9. The Kier molecular flexibility index (Phi) is 13.2. The number of carbonyl (C=O) groups excluding carboxylic acids is 1. The van der Waals surface area contributed by atoms with Crippen LogP contribution in [0, 0.1) is 0 Å². The Morgan fingerprint density at radius 3 is 2.21 bits per heavy atom. The van der Waals surface area contributed by atoms with Gasteiger partial charge < -0.3 is 27.2 Å². The Balaban J connectivity index is 0. The third-order valence-corrected chi connectivity index (χ3v) is 2.94. The van der Waals surface area contributed by atoms with Gasteiger partial charge in [-0.1, -0.05) is 6.07 Å². The van der Waals surface area contributed by atoms with Crippen molar-refractivity contribution in [1.29, 1.82) is 0 Å². The molecule has 24 heavy (non-hydrogen) atoms. The van der Waals surface area contributed by atoms with E-state index in [-0.39, 0.29) is 36.0 Å². The summed E-state index contributed by atoms with van der Waals surface area (Å²) in [6.07, 6.45) is 2.46. The van der Waals surface area contributed by atoms with Crippen molar-refractivity contribution >= 4 is 58.9 Å².